The van der Waals surface area contributed by atoms with E-state index in [-0.39, 0.29) is 17.0 Å². The Balaban J connectivity index is 1.88. The third kappa shape index (κ3) is 1.90. The molecule has 1 atom stereocenters. The van der Waals surface area contributed by atoms with E-state index in [1.165, 1.54) is 0 Å². The first-order valence-corrected chi connectivity index (χ1v) is 7.97. The zero-order chi connectivity index (χ0) is 15.5. The molecule has 2 aromatic heterocycles. The van der Waals surface area contributed by atoms with Crippen molar-refractivity contribution in [2.75, 3.05) is 24.7 Å². The molecule has 0 radical (unpaired) electrons. The Hall–Kier alpha value is -1.82. The summed E-state index contributed by atoms with van der Waals surface area (Å²) in [6.07, 6.45) is 2.00. The largest absolute Gasteiger partial charge is 0.377 e. The third-order valence-electron chi connectivity index (χ3n) is 5.04. The van der Waals surface area contributed by atoms with Gasteiger partial charge in [-0.2, -0.15) is 0 Å². The molecule has 3 heterocycles. The number of H-pyrrole nitrogens is 1. The molecule has 0 saturated carbocycles. The molecule has 2 aliphatic rings. The van der Waals surface area contributed by atoms with Crippen LogP contribution in [0.1, 0.15) is 38.6 Å². The minimum Gasteiger partial charge on any atom is -0.377 e. The zero-order valence-corrected chi connectivity index (χ0v) is 13.3. The Morgan fingerprint density at radius 1 is 1.45 bits per heavy atom. The maximum atomic E-state index is 12.4. The molecule has 2 aromatic rings. The number of anilines is 1. The van der Waals surface area contributed by atoms with Gasteiger partial charge in [0.15, 0.2) is 5.82 Å². The van der Waals surface area contributed by atoms with Crippen molar-refractivity contribution < 1.29 is 4.74 Å². The summed E-state index contributed by atoms with van der Waals surface area (Å²) in [4.78, 5) is 17.8. The highest BCUT2D eigenvalue weighted by atomic mass is 16.5. The van der Waals surface area contributed by atoms with Crippen molar-refractivity contribution in [1.82, 2.24) is 14.6 Å². The third-order valence-corrected chi connectivity index (χ3v) is 5.04. The molecule has 1 N–H and O–H groups in total. The highest BCUT2D eigenvalue weighted by molar-refractivity contribution is 5.58. The van der Waals surface area contributed by atoms with Crippen molar-refractivity contribution in [2.45, 2.75) is 45.1 Å². The van der Waals surface area contributed by atoms with Gasteiger partial charge in [-0.1, -0.05) is 13.8 Å². The average molecular weight is 302 g/mol. The molecule has 118 valence electrons. The Kier molecular flexibility index (Phi) is 2.88. The fraction of sp³-hybridized carbons (Fsp3) is 0.625. The molecule has 0 aromatic carbocycles. The second kappa shape index (κ2) is 4.59. The van der Waals surface area contributed by atoms with Crippen LogP contribution in [0.25, 0.3) is 5.52 Å². The van der Waals surface area contributed by atoms with Gasteiger partial charge < -0.3 is 14.6 Å². The summed E-state index contributed by atoms with van der Waals surface area (Å²) < 4.78 is 7.35. The van der Waals surface area contributed by atoms with Crippen LogP contribution in [0, 0.1) is 0 Å². The number of morpholine rings is 1. The summed E-state index contributed by atoms with van der Waals surface area (Å²) in [5, 5.41) is 4.75. The molecule has 0 amide bonds. The fourth-order valence-electron chi connectivity index (χ4n) is 3.65. The van der Waals surface area contributed by atoms with E-state index in [1.807, 2.05) is 10.6 Å². The molecule has 4 rings (SSSR count). The van der Waals surface area contributed by atoms with E-state index in [2.05, 4.69) is 30.7 Å². The van der Waals surface area contributed by atoms with Crippen molar-refractivity contribution in [3.63, 3.8) is 0 Å². The molecule has 1 saturated heterocycles. The number of aryl methyl sites for hydroxylation is 1. The fourth-order valence-corrected chi connectivity index (χ4v) is 3.65. The number of ether oxygens (including phenoxy) is 1. The maximum absolute atomic E-state index is 12.4. The Morgan fingerprint density at radius 2 is 2.27 bits per heavy atom. The first-order valence-electron chi connectivity index (χ1n) is 7.97. The smallest absolute Gasteiger partial charge is 0.274 e. The SMILES string of the molecule is C[C@@H]1COCCN1c1cc2c(=O)[nH]c3c(n2n1)CCC3(C)C. The molecule has 1 fully saturated rings. The number of hydrogen-bond donors (Lipinski definition) is 1. The lowest BCUT2D eigenvalue weighted by atomic mass is 9.91. The highest BCUT2D eigenvalue weighted by Gasteiger charge is 2.34. The maximum Gasteiger partial charge on any atom is 0.274 e. The van der Waals surface area contributed by atoms with E-state index in [0.717, 1.165) is 36.6 Å². The Morgan fingerprint density at radius 3 is 3.05 bits per heavy atom. The quantitative estimate of drug-likeness (QED) is 0.866. The minimum absolute atomic E-state index is 0.0149. The van der Waals surface area contributed by atoms with Crippen LogP contribution >= 0.6 is 0 Å². The molecule has 6 nitrogen and oxygen atoms in total. The van der Waals surface area contributed by atoms with Crippen LogP contribution < -0.4 is 10.5 Å². The normalized spacial score (nSPS) is 24.0. The van der Waals surface area contributed by atoms with Crippen LogP contribution in [-0.4, -0.2) is 40.4 Å². The van der Waals surface area contributed by atoms with Crippen molar-refractivity contribution >= 4 is 11.3 Å². The van der Waals surface area contributed by atoms with Crippen LogP contribution in [0.15, 0.2) is 10.9 Å². The molecule has 1 aliphatic heterocycles. The monoisotopic (exact) mass is 302 g/mol. The standard InChI is InChI=1S/C16H22N4O2/c1-10-9-22-7-6-19(10)13-8-12-15(21)17-14-11(20(12)18-13)4-5-16(14,2)3/h8,10H,4-7,9H2,1-3H3,(H,17,21)/t10-/m1/s1. The van der Waals surface area contributed by atoms with Crippen LogP contribution in [0.4, 0.5) is 5.82 Å². The van der Waals surface area contributed by atoms with Gasteiger partial charge in [-0.25, -0.2) is 4.52 Å². The van der Waals surface area contributed by atoms with E-state index < -0.39 is 0 Å². The van der Waals surface area contributed by atoms with Gasteiger partial charge >= 0.3 is 0 Å². The summed E-state index contributed by atoms with van der Waals surface area (Å²) in [6.45, 7) is 8.71. The van der Waals surface area contributed by atoms with Gasteiger partial charge in [0.05, 0.1) is 24.9 Å². The minimum atomic E-state index is -0.0478. The number of fused-ring (bicyclic) bond motifs is 3. The number of aromatic amines is 1. The lowest BCUT2D eigenvalue weighted by molar-refractivity contribution is 0.0985. The number of aromatic nitrogens is 3. The topological polar surface area (TPSA) is 62.6 Å². The predicted octanol–water partition coefficient (Wildman–Crippen LogP) is 1.47. The molecular weight excluding hydrogens is 280 g/mol. The number of nitrogens with zero attached hydrogens (tertiary/aromatic N) is 3. The lowest BCUT2D eigenvalue weighted by Crippen LogP contribution is -2.43. The van der Waals surface area contributed by atoms with Gasteiger partial charge in [0, 0.05) is 23.7 Å². The van der Waals surface area contributed by atoms with Gasteiger partial charge in [0.1, 0.15) is 5.52 Å². The van der Waals surface area contributed by atoms with Gasteiger partial charge in [-0.05, 0) is 19.8 Å². The summed E-state index contributed by atoms with van der Waals surface area (Å²) in [6, 6.07) is 2.19. The van der Waals surface area contributed by atoms with Crippen LogP contribution in [0.2, 0.25) is 0 Å². The molecule has 0 bridgehead atoms. The van der Waals surface area contributed by atoms with E-state index in [0.29, 0.717) is 18.7 Å². The van der Waals surface area contributed by atoms with Crippen molar-refractivity contribution in [2.24, 2.45) is 0 Å². The molecule has 6 heteroatoms. The molecule has 0 spiro atoms. The van der Waals surface area contributed by atoms with Crippen LogP contribution in [-0.2, 0) is 16.6 Å². The average Bonchev–Trinajstić information content (AvgIpc) is 3.03. The van der Waals surface area contributed by atoms with Gasteiger partial charge in [-0.3, -0.25) is 4.79 Å². The summed E-state index contributed by atoms with van der Waals surface area (Å²) in [5.74, 6) is 0.874. The van der Waals surface area contributed by atoms with E-state index >= 15 is 0 Å². The molecule has 0 unspecified atom stereocenters. The summed E-state index contributed by atoms with van der Waals surface area (Å²) >= 11 is 0. The molecule has 22 heavy (non-hydrogen) atoms. The van der Waals surface area contributed by atoms with Gasteiger partial charge in [0.25, 0.3) is 5.56 Å². The second-order valence-electron chi connectivity index (χ2n) is 7.08. The van der Waals surface area contributed by atoms with E-state index in [4.69, 9.17) is 9.84 Å². The van der Waals surface area contributed by atoms with Gasteiger partial charge in [0.2, 0.25) is 0 Å². The number of nitrogens with one attached hydrogen (secondary N) is 1. The van der Waals surface area contributed by atoms with Crippen molar-refractivity contribution in [3.8, 4) is 0 Å². The number of rotatable bonds is 1. The van der Waals surface area contributed by atoms with Crippen LogP contribution in [0.3, 0.4) is 0 Å². The van der Waals surface area contributed by atoms with Crippen molar-refractivity contribution in [1.29, 1.82) is 0 Å². The number of hydrogen-bond acceptors (Lipinski definition) is 4. The molecule has 1 aliphatic carbocycles. The highest BCUT2D eigenvalue weighted by Crippen LogP contribution is 2.36. The Bertz CT molecular complexity index is 789. The second-order valence-corrected chi connectivity index (χ2v) is 7.08. The lowest BCUT2D eigenvalue weighted by Gasteiger charge is -2.33. The van der Waals surface area contributed by atoms with Crippen molar-refractivity contribution in [3.05, 3.63) is 27.8 Å². The zero-order valence-electron chi connectivity index (χ0n) is 13.3. The van der Waals surface area contributed by atoms with Crippen LogP contribution in [0.5, 0.6) is 0 Å². The first kappa shape index (κ1) is 13.8. The van der Waals surface area contributed by atoms with E-state index in [1.54, 1.807) is 0 Å². The van der Waals surface area contributed by atoms with Gasteiger partial charge in [-0.15, -0.1) is 5.10 Å². The summed E-state index contributed by atoms with van der Waals surface area (Å²) in [5.41, 5.74) is 2.79. The Labute approximate surface area is 129 Å². The first-order chi connectivity index (χ1) is 10.5. The predicted molar refractivity (Wildman–Crippen MR) is 84.8 cm³/mol. The van der Waals surface area contributed by atoms with E-state index in [9.17, 15) is 4.79 Å². The molecular formula is C16H22N4O2. The summed E-state index contributed by atoms with van der Waals surface area (Å²) in [7, 11) is 0.